The second kappa shape index (κ2) is 4.71. The summed E-state index contributed by atoms with van der Waals surface area (Å²) < 4.78 is 1.82. The van der Waals surface area contributed by atoms with E-state index in [4.69, 9.17) is 0 Å². The molecular formula is C12H19N5. The quantitative estimate of drug-likeness (QED) is 0.843. The van der Waals surface area contributed by atoms with Crippen molar-refractivity contribution in [2.45, 2.75) is 33.4 Å². The third-order valence-corrected chi connectivity index (χ3v) is 2.70. The van der Waals surface area contributed by atoms with Crippen molar-refractivity contribution in [1.29, 1.82) is 0 Å². The van der Waals surface area contributed by atoms with E-state index >= 15 is 0 Å². The fourth-order valence-electron chi connectivity index (χ4n) is 1.84. The fourth-order valence-corrected chi connectivity index (χ4v) is 1.84. The molecule has 0 bridgehead atoms. The molecule has 0 amide bonds. The van der Waals surface area contributed by atoms with Crippen molar-refractivity contribution in [3.8, 4) is 11.3 Å². The van der Waals surface area contributed by atoms with Crippen LogP contribution >= 0.6 is 0 Å². The first-order chi connectivity index (χ1) is 8.08. The normalized spacial score (nSPS) is 11.4. The Hall–Kier alpha value is -1.62. The SMILES string of the molecule is Cc1nn(C)cc1-c1[nH]ncc1CNC(C)C. The van der Waals surface area contributed by atoms with Crippen LogP contribution in [0.3, 0.4) is 0 Å². The first-order valence-electron chi connectivity index (χ1n) is 5.84. The number of hydrogen-bond acceptors (Lipinski definition) is 3. The highest BCUT2D eigenvalue weighted by Gasteiger charge is 2.12. The van der Waals surface area contributed by atoms with Crippen LogP contribution in [-0.4, -0.2) is 26.0 Å². The van der Waals surface area contributed by atoms with Crippen LogP contribution in [0.1, 0.15) is 25.1 Å². The van der Waals surface area contributed by atoms with Gasteiger partial charge in [0.05, 0.1) is 17.6 Å². The first kappa shape index (κ1) is 11.9. The van der Waals surface area contributed by atoms with Gasteiger partial charge in [0.25, 0.3) is 0 Å². The minimum atomic E-state index is 0.466. The van der Waals surface area contributed by atoms with Gasteiger partial charge in [0.2, 0.25) is 0 Å². The van der Waals surface area contributed by atoms with Crippen molar-refractivity contribution < 1.29 is 0 Å². The van der Waals surface area contributed by atoms with Gasteiger partial charge >= 0.3 is 0 Å². The van der Waals surface area contributed by atoms with Crippen LogP contribution in [0.15, 0.2) is 12.4 Å². The van der Waals surface area contributed by atoms with Gasteiger partial charge in [0.1, 0.15) is 0 Å². The van der Waals surface area contributed by atoms with E-state index < -0.39 is 0 Å². The lowest BCUT2D eigenvalue weighted by Crippen LogP contribution is -2.21. The molecule has 5 heteroatoms. The average molecular weight is 233 g/mol. The van der Waals surface area contributed by atoms with Gasteiger partial charge in [0, 0.05) is 37.0 Å². The number of aryl methyl sites for hydroxylation is 2. The summed E-state index contributed by atoms with van der Waals surface area (Å²) in [6.07, 6.45) is 3.89. The van der Waals surface area contributed by atoms with E-state index in [1.54, 1.807) is 0 Å². The summed E-state index contributed by atoms with van der Waals surface area (Å²) in [6.45, 7) is 7.10. The van der Waals surface area contributed by atoms with Crippen LogP contribution in [0.4, 0.5) is 0 Å². The van der Waals surface area contributed by atoms with Crippen LogP contribution in [0.5, 0.6) is 0 Å². The van der Waals surface area contributed by atoms with Gasteiger partial charge in [-0.3, -0.25) is 9.78 Å². The zero-order valence-electron chi connectivity index (χ0n) is 10.8. The molecule has 5 nitrogen and oxygen atoms in total. The Morgan fingerprint density at radius 1 is 1.47 bits per heavy atom. The van der Waals surface area contributed by atoms with E-state index in [0.29, 0.717) is 6.04 Å². The zero-order chi connectivity index (χ0) is 12.4. The van der Waals surface area contributed by atoms with Gasteiger partial charge in [-0.1, -0.05) is 13.8 Å². The molecule has 17 heavy (non-hydrogen) atoms. The maximum atomic E-state index is 4.35. The standard InChI is InChI=1S/C12H19N5/c1-8(2)13-5-10-6-14-15-12(10)11-7-17(4)16-9(11)3/h6-8,13H,5H2,1-4H3,(H,14,15). The monoisotopic (exact) mass is 233 g/mol. The minimum absolute atomic E-state index is 0.466. The summed E-state index contributed by atoms with van der Waals surface area (Å²) in [4.78, 5) is 0. The Morgan fingerprint density at radius 2 is 2.24 bits per heavy atom. The number of H-pyrrole nitrogens is 1. The van der Waals surface area contributed by atoms with Crippen molar-refractivity contribution in [1.82, 2.24) is 25.3 Å². The summed E-state index contributed by atoms with van der Waals surface area (Å²) in [6, 6.07) is 0.466. The summed E-state index contributed by atoms with van der Waals surface area (Å²) in [5.74, 6) is 0. The van der Waals surface area contributed by atoms with Gasteiger partial charge < -0.3 is 5.32 Å². The third-order valence-electron chi connectivity index (χ3n) is 2.70. The molecule has 0 aliphatic heterocycles. The van der Waals surface area contributed by atoms with Gasteiger partial charge in [-0.15, -0.1) is 0 Å². The third kappa shape index (κ3) is 2.55. The number of aromatic amines is 1. The van der Waals surface area contributed by atoms with Crippen molar-refractivity contribution in [2.75, 3.05) is 0 Å². The number of nitrogens with zero attached hydrogens (tertiary/aromatic N) is 3. The van der Waals surface area contributed by atoms with Crippen molar-refractivity contribution >= 4 is 0 Å². The second-order valence-electron chi connectivity index (χ2n) is 4.61. The molecule has 0 saturated carbocycles. The van der Waals surface area contributed by atoms with E-state index in [2.05, 4.69) is 34.5 Å². The number of hydrogen-bond donors (Lipinski definition) is 2. The van der Waals surface area contributed by atoms with Crippen molar-refractivity contribution in [3.05, 3.63) is 23.7 Å². The molecule has 2 N–H and O–H groups in total. The van der Waals surface area contributed by atoms with Crippen LogP contribution in [-0.2, 0) is 13.6 Å². The molecule has 0 radical (unpaired) electrons. The number of aromatic nitrogens is 4. The molecule has 2 aromatic rings. The molecule has 0 aliphatic carbocycles. The molecule has 0 atom stereocenters. The van der Waals surface area contributed by atoms with E-state index in [1.807, 2.05) is 31.0 Å². The van der Waals surface area contributed by atoms with Crippen LogP contribution in [0, 0.1) is 6.92 Å². The first-order valence-corrected chi connectivity index (χ1v) is 5.84. The van der Waals surface area contributed by atoms with E-state index in [-0.39, 0.29) is 0 Å². The molecule has 2 heterocycles. The van der Waals surface area contributed by atoms with E-state index in [9.17, 15) is 0 Å². The minimum Gasteiger partial charge on any atom is -0.310 e. The summed E-state index contributed by atoms with van der Waals surface area (Å²) in [7, 11) is 1.93. The molecule has 0 fully saturated rings. The van der Waals surface area contributed by atoms with Gasteiger partial charge in [-0.25, -0.2) is 0 Å². The topological polar surface area (TPSA) is 58.5 Å². The largest absolute Gasteiger partial charge is 0.310 e. The molecule has 2 rings (SSSR count). The zero-order valence-corrected chi connectivity index (χ0v) is 10.8. The summed E-state index contributed by atoms with van der Waals surface area (Å²) in [5, 5.41) is 14.9. The Kier molecular flexibility index (Phi) is 3.28. The Labute approximate surface area is 101 Å². The molecule has 0 spiro atoms. The molecule has 0 saturated heterocycles. The molecule has 0 unspecified atom stereocenters. The van der Waals surface area contributed by atoms with Crippen LogP contribution in [0.2, 0.25) is 0 Å². The lowest BCUT2D eigenvalue weighted by molar-refractivity contribution is 0.589. The lowest BCUT2D eigenvalue weighted by atomic mass is 10.1. The molecule has 92 valence electrons. The molecule has 0 aromatic carbocycles. The molecular weight excluding hydrogens is 214 g/mol. The Morgan fingerprint density at radius 3 is 2.82 bits per heavy atom. The van der Waals surface area contributed by atoms with Gasteiger partial charge in [0.15, 0.2) is 0 Å². The fraction of sp³-hybridized carbons (Fsp3) is 0.500. The van der Waals surface area contributed by atoms with E-state index in [0.717, 1.165) is 23.5 Å². The van der Waals surface area contributed by atoms with Crippen molar-refractivity contribution in [2.24, 2.45) is 7.05 Å². The lowest BCUT2D eigenvalue weighted by Gasteiger charge is -2.07. The highest BCUT2D eigenvalue weighted by molar-refractivity contribution is 5.64. The van der Waals surface area contributed by atoms with Crippen LogP contribution in [0.25, 0.3) is 11.3 Å². The highest BCUT2D eigenvalue weighted by atomic mass is 15.3. The smallest absolute Gasteiger partial charge is 0.0729 e. The number of nitrogens with one attached hydrogen (secondary N) is 2. The predicted octanol–water partition coefficient (Wildman–Crippen LogP) is 1.62. The second-order valence-corrected chi connectivity index (χ2v) is 4.61. The van der Waals surface area contributed by atoms with E-state index in [1.165, 1.54) is 5.56 Å². The van der Waals surface area contributed by atoms with Crippen molar-refractivity contribution in [3.63, 3.8) is 0 Å². The predicted molar refractivity (Wildman–Crippen MR) is 67.5 cm³/mol. The summed E-state index contributed by atoms with van der Waals surface area (Å²) in [5.41, 5.74) is 4.37. The molecule has 0 aliphatic rings. The maximum absolute atomic E-state index is 4.35. The Balaban J connectivity index is 2.27. The Bertz CT molecular complexity index is 495. The summed E-state index contributed by atoms with van der Waals surface area (Å²) >= 11 is 0. The number of rotatable bonds is 4. The highest BCUT2D eigenvalue weighted by Crippen LogP contribution is 2.23. The molecule has 2 aromatic heterocycles. The maximum Gasteiger partial charge on any atom is 0.0729 e. The van der Waals surface area contributed by atoms with Crippen LogP contribution < -0.4 is 5.32 Å². The average Bonchev–Trinajstić information content (AvgIpc) is 2.81. The van der Waals surface area contributed by atoms with Gasteiger partial charge in [-0.05, 0) is 6.92 Å². The van der Waals surface area contributed by atoms with Gasteiger partial charge in [-0.2, -0.15) is 10.2 Å².